The molecule has 0 aromatic carbocycles. The molecule has 0 aliphatic heterocycles. The molecule has 0 aliphatic rings. The first-order valence-corrected chi connectivity index (χ1v) is 4.07. The topological polar surface area (TPSA) is 62.2 Å². The van der Waals surface area contributed by atoms with E-state index in [4.69, 9.17) is 5.11 Å². The van der Waals surface area contributed by atoms with Crippen molar-refractivity contribution in [3.05, 3.63) is 24.0 Å². The number of hydrogen-bond acceptors (Lipinski definition) is 3. The highest BCUT2D eigenvalue weighted by atomic mass is 16.4. The third kappa shape index (κ3) is 3.55. The Morgan fingerprint density at radius 2 is 2.46 bits per heavy atom. The molecule has 0 unspecified atom stereocenters. The van der Waals surface area contributed by atoms with Crippen molar-refractivity contribution in [3.63, 3.8) is 0 Å². The van der Waals surface area contributed by atoms with Crippen LogP contribution >= 0.6 is 0 Å². The number of nitrogens with zero attached hydrogens (tertiary/aromatic N) is 1. The van der Waals surface area contributed by atoms with Gasteiger partial charge in [-0.1, -0.05) is 0 Å². The molecule has 0 radical (unpaired) electrons. The Labute approximate surface area is 76.6 Å². The third-order valence-corrected chi connectivity index (χ3v) is 1.56. The molecule has 0 saturated carbocycles. The van der Waals surface area contributed by atoms with E-state index < -0.39 is 5.97 Å². The van der Waals surface area contributed by atoms with Gasteiger partial charge in [0.15, 0.2) is 0 Å². The van der Waals surface area contributed by atoms with Crippen molar-refractivity contribution in [2.75, 3.05) is 11.9 Å². The summed E-state index contributed by atoms with van der Waals surface area (Å²) in [6.07, 6.45) is 1.82. The number of aromatic nitrogens is 1. The Morgan fingerprint density at radius 3 is 3.08 bits per heavy atom. The normalized spacial score (nSPS) is 9.62. The SMILES string of the molecule is Cc1cc(NCCC(=O)O)ccn1. The molecule has 70 valence electrons. The molecule has 0 atom stereocenters. The Kier molecular flexibility index (Phi) is 3.25. The van der Waals surface area contributed by atoms with Gasteiger partial charge < -0.3 is 10.4 Å². The number of hydrogen-bond donors (Lipinski definition) is 2. The average molecular weight is 180 g/mol. The number of carboxylic acids is 1. The minimum atomic E-state index is -0.793. The first kappa shape index (κ1) is 9.51. The van der Waals surface area contributed by atoms with Crippen LogP contribution in [0.5, 0.6) is 0 Å². The lowest BCUT2D eigenvalue weighted by Gasteiger charge is -2.04. The molecule has 1 heterocycles. The summed E-state index contributed by atoms with van der Waals surface area (Å²) >= 11 is 0. The van der Waals surface area contributed by atoms with Crippen molar-refractivity contribution in [1.29, 1.82) is 0 Å². The van der Waals surface area contributed by atoms with Gasteiger partial charge >= 0.3 is 5.97 Å². The average Bonchev–Trinajstić information content (AvgIpc) is 2.03. The highest BCUT2D eigenvalue weighted by Crippen LogP contribution is 2.06. The lowest BCUT2D eigenvalue weighted by molar-refractivity contribution is -0.136. The predicted octanol–water partition coefficient (Wildman–Crippen LogP) is 1.28. The zero-order chi connectivity index (χ0) is 9.68. The third-order valence-electron chi connectivity index (χ3n) is 1.56. The minimum Gasteiger partial charge on any atom is -0.481 e. The van der Waals surface area contributed by atoms with Crippen LogP contribution in [0.2, 0.25) is 0 Å². The quantitative estimate of drug-likeness (QED) is 0.732. The number of aryl methyl sites for hydroxylation is 1. The number of rotatable bonds is 4. The van der Waals surface area contributed by atoms with E-state index in [1.54, 1.807) is 6.20 Å². The molecule has 13 heavy (non-hydrogen) atoms. The van der Waals surface area contributed by atoms with Gasteiger partial charge in [0.05, 0.1) is 6.42 Å². The van der Waals surface area contributed by atoms with E-state index in [0.717, 1.165) is 11.4 Å². The number of carbonyl (C=O) groups is 1. The highest BCUT2D eigenvalue weighted by molar-refractivity contribution is 5.67. The second-order valence-electron chi connectivity index (χ2n) is 2.76. The number of carboxylic acid groups (broad SMARTS) is 1. The summed E-state index contributed by atoms with van der Waals surface area (Å²) in [5.74, 6) is -0.793. The lowest BCUT2D eigenvalue weighted by atomic mass is 10.3. The van der Waals surface area contributed by atoms with Crippen molar-refractivity contribution in [2.24, 2.45) is 0 Å². The van der Waals surface area contributed by atoms with Crippen molar-refractivity contribution < 1.29 is 9.90 Å². The van der Waals surface area contributed by atoms with Gasteiger partial charge in [0.1, 0.15) is 0 Å². The van der Waals surface area contributed by atoms with E-state index in [0.29, 0.717) is 6.54 Å². The van der Waals surface area contributed by atoms with Crippen LogP contribution in [0.1, 0.15) is 12.1 Å². The van der Waals surface area contributed by atoms with Gasteiger partial charge in [-0.15, -0.1) is 0 Å². The largest absolute Gasteiger partial charge is 0.481 e. The molecule has 0 amide bonds. The van der Waals surface area contributed by atoms with E-state index in [1.807, 2.05) is 19.1 Å². The maximum absolute atomic E-state index is 10.2. The van der Waals surface area contributed by atoms with Crippen LogP contribution in [0.25, 0.3) is 0 Å². The van der Waals surface area contributed by atoms with Gasteiger partial charge in [-0.25, -0.2) is 0 Å². The van der Waals surface area contributed by atoms with Crippen molar-refractivity contribution in [2.45, 2.75) is 13.3 Å². The Bertz CT molecular complexity index is 299. The first-order chi connectivity index (χ1) is 6.18. The van der Waals surface area contributed by atoms with Crippen molar-refractivity contribution >= 4 is 11.7 Å². The molecule has 1 aromatic rings. The molecule has 1 aromatic heterocycles. The van der Waals surface area contributed by atoms with E-state index in [-0.39, 0.29) is 6.42 Å². The predicted molar refractivity (Wildman–Crippen MR) is 49.7 cm³/mol. The zero-order valence-corrected chi connectivity index (χ0v) is 7.45. The first-order valence-electron chi connectivity index (χ1n) is 4.07. The molecule has 4 nitrogen and oxygen atoms in total. The molecule has 1 rings (SSSR count). The van der Waals surface area contributed by atoms with Crippen molar-refractivity contribution in [3.8, 4) is 0 Å². The van der Waals surface area contributed by atoms with Gasteiger partial charge in [0.25, 0.3) is 0 Å². The summed E-state index contributed by atoms with van der Waals surface area (Å²) in [6.45, 7) is 2.33. The number of anilines is 1. The monoisotopic (exact) mass is 180 g/mol. The lowest BCUT2D eigenvalue weighted by Crippen LogP contribution is -2.07. The summed E-state index contributed by atoms with van der Waals surface area (Å²) in [6, 6.07) is 3.69. The maximum Gasteiger partial charge on any atom is 0.305 e. The number of aliphatic carboxylic acids is 1. The molecular weight excluding hydrogens is 168 g/mol. The maximum atomic E-state index is 10.2. The zero-order valence-electron chi connectivity index (χ0n) is 7.45. The smallest absolute Gasteiger partial charge is 0.305 e. The fraction of sp³-hybridized carbons (Fsp3) is 0.333. The molecule has 0 fully saturated rings. The Hall–Kier alpha value is -1.58. The van der Waals surface area contributed by atoms with Crippen LogP contribution in [0.3, 0.4) is 0 Å². The van der Waals surface area contributed by atoms with Gasteiger partial charge in [-0.3, -0.25) is 9.78 Å². The summed E-state index contributed by atoms with van der Waals surface area (Å²) in [5, 5.41) is 11.4. The van der Waals surface area contributed by atoms with Crippen LogP contribution in [-0.2, 0) is 4.79 Å². The molecule has 2 N–H and O–H groups in total. The van der Waals surface area contributed by atoms with Crippen LogP contribution in [0.4, 0.5) is 5.69 Å². The fourth-order valence-electron chi connectivity index (χ4n) is 0.969. The van der Waals surface area contributed by atoms with Gasteiger partial charge in [-0.2, -0.15) is 0 Å². The highest BCUT2D eigenvalue weighted by Gasteiger charge is 1.96. The van der Waals surface area contributed by atoms with Crippen molar-refractivity contribution in [1.82, 2.24) is 4.98 Å². The summed E-state index contributed by atoms with van der Waals surface area (Å²) < 4.78 is 0. The van der Waals surface area contributed by atoms with Crippen LogP contribution in [-0.4, -0.2) is 22.6 Å². The van der Waals surface area contributed by atoms with Crippen LogP contribution in [0, 0.1) is 6.92 Å². The minimum absolute atomic E-state index is 0.126. The number of nitrogens with one attached hydrogen (secondary N) is 1. The standard InChI is InChI=1S/C9H12N2O2/c1-7-6-8(2-4-10-7)11-5-3-9(12)13/h2,4,6H,3,5H2,1H3,(H,10,11)(H,12,13). The molecule has 0 spiro atoms. The van der Waals surface area contributed by atoms with Crippen LogP contribution in [0.15, 0.2) is 18.3 Å². The molecule has 0 aliphatic carbocycles. The van der Waals surface area contributed by atoms with E-state index in [1.165, 1.54) is 0 Å². The molecule has 4 heteroatoms. The molecular formula is C9H12N2O2. The Balaban J connectivity index is 2.41. The van der Waals surface area contributed by atoms with E-state index in [2.05, 4.69) is 10.3 Å². The summed E-state index contributed by atoms with van der Waals surface area (Å²) in [5.41, 5.74) is 1.83. The van der Waals surface area contributed by atoms with E-state index in [9.17, 15) is 4.79 Å². The summed E-state index contributed by atoms with van der Waals surface area (Å²) in [4.78, 5) is 14.2. The Morgan fingerprint density at radius 1 is 1.69 bits per heavy atom. The van der Waals surface area contributed by atoms with Crippen LogP contribution < -0.4 is 5.32 Å². The van der Waals surface area contributed by atoms with Gasteiger partial charge in [0.2, 0.25) is 0 Å². The van der Waals surface area contributed by atoms with E-state index >= 15 is 0 Å². The fourth-order valence-corrected chi connectivity index (χ4v) is 0.969. The second kappa shape index (κ2) is 4.45. The molecule has 0 bridgehead atoms. The van der Waals surface area contributed by atoms with Gasteiger partial charge in [-0.05, 0) is 19.1 Å². The summed E-state index contributed by atoms with van der Waals surface area (Å²) in [7, 11) is 0. The van der Waals surface area contributed by atoms with Gasteiger partial charge in [0, 0.05) is 24.1 Å². The number of pyridine rings is 1. The second-order valence-corrected chi connectivity index (χ2v) is 2.76. The molecule has 0 saturated heterocycles.